The van der Waals surface area contributed by atoms with Crippen LogP contribution in [0, 0.1) is 22.7 Å². The monoisotopic (exact) mass is 704 g/mol. The van der Waals surface area contributed by atoms with Crippen LogP contribution >= 0.6 is 34.7 Å². The number of carbonyl (C=O) groups is 2. The van der Waals surface area contributed by atoms with Crippen molar-refractivity contribution >= 4 is 52.6 Å². The average molecular weight is 705 g/mol. The molecule has 0 aliphatic carbocycles. The van der Waals surface area contributed by atoms with E-state index in [0.717, 1.165) is 16.3 Å². The van der Waals surface area contributed by atoms with Crippen LogP contribution in [0.3, 0.4) is 0 Å². The lowest BCUT2D eigenvalue weighted by Gasteiger charge is -2.19. The Labute approximate surface area is 292 Å². The van der Waals surface area contributed by atoms with Crippen LogP contribution < -0.4 is 15.4 Å². The molecular formula is C34H33ClN6O5S2. The second-order valence-electron chi connectivity index (χ2n) is 11.1. The van der Waals surface area contributed by atoms with Crippen LogP contribution in [0.4, 0.5) is 10.6 Å². The summed E-state index contributed by atoms with van der Waals surface area (Å²) >= 11 is 8.90. The third-order valence-electron chi connectivity index (χ3n) is 6.38. The minimum Gasteiger partial charge on any atom is -0.490 e. The first-order valence-corrected chi connectivity index (χ1v) is 17.0. The van der Waals surface area contributed by atoms with Gasteiger partial charge in [-0.15, -0.1) is 11.3 Å². The highest BCUT2D eigenvalue weighted by Gasteiger charge is 2.22. The maximum atomic E-state index is 12.0. The number of aromatic nitrogens is 2. The van der Waals surface area contributed by atoms with Crippen molar-refractivity contribution in [2.75, 3.05) is 32.1 Å². The zero-order valence-electron chi connectivity index (χ0n) is 26.8. The van der Waals surface area contributed by atoms with Crippen LogP contribution in [0.25, 0.3) is 21.7 Å². The highest BCUT2D eigenvalue weighted by atomic mass is 35.5. The second kappa shape index (κ2) is 16.8. The van der Waals surface area contributed by atoms with Gasteiger partial charge in [-0.25, -0.2) is 14.8 Å². The number of nitriles is 2. The summed E-state index contributed by atoms with van der Waals surface area (Å²) in [6, 6.07) is 18.9. The number of rotatable bonds is 13. The number of benzene rings is 2. The number of esters is 1. The Hall–Kier alpha value is -4.82. The SMILES string of the molecule is CNc1nc(SCc2csc(-c3ccc(Cl)cc3)n2)c(C#N)c(-c2ccc(OCCOC(=O)CCNC(=O)OC(C)(C)C)cc2)c1C#N. The Kier molecular flexibility index (Phi) is 12.6. The van der Waals surface area contributed by atoms with Gasteiger partial charge in [0.05, 0.1) is 17.7 Å². The zero-order valence-corrected chi connectivity index (χ0v) is 29.1. The molecule has 14 heteroatoms. The summed E-state index contributed by atoms with van der Waals surface area (Å²) in [4.78, 5) is 33.0. The number of amides is 1. The van der Waals surface area contributed by atoms with Crippen molar-refractivity contribution in [3.8, 4) is 39.6 Å². The number of alkyl carbamates (subject to hydrolysis) is 1. The molecule has 0 radical (unpaired) electrons. The lowest BCUT2D eigenvalue weighted by Crippen LogP contribution is -2.33. The van der Waals surface area contributed by atoms with Gasteiger partial charge in [-0.05, 0) is 50.6 Å². The molecule has 2 N–H and O–H groups in total. The molecule has 4 rings (SSSR count). The number of pyridine rings is 1. The molecule has 0 unspecified atom stereocenters. The maximum Gasteiger partial charge on any atom is 0.407 e. The molecule has 2 aromatic heterocycles. The normalized spacial score (nSPS) is 10.8. The van der Waals surface area contributed by atoms with E-state index >= 15 is 0 Å². The first-order chi connectivity index (χ1) is 23.0. The molecule has 0 bridgehead atoms. The van der Waals surface area contributed by atoms with E-state index in [2.05, 4.69) is 27.8 Å². The van der Waals surface area contributed by atoms with Gasteiger partial charge in [0, 0.05) is 40.9 Å². The van der Waals surface area contributed by atoms with Gasteiger partial charge >= 0.3 is 12.1 Å². The van der Waals surface area contributed by atoms with E-state index in [1.54, 1.807) is 52.1 Å². The number of anilines is 1. The Morgan fingerprint density at radius 3 is 2.31 bits per heavy atom. The number of hydrogen-bond acceptors (Lipinski definition) is 12. The Bertz CT molecular complexity index is 1830. The van der Waals surface area contributed by atoms with Crippen LogP contribution in [-0.2, 0) is 20.0 Å². The molecule has 0 atom stereocenters. The number of hydrogen-bond donors (Lipinski definition) is 2. The van der Waals surface area contributed by atoms with Crippen molar-refractivity contribution in [3.63, 3.8) is 0 Å². The molecule has 0 aliphatic heterocycles. The largest absolute Gasteiger partial charge is 0.490 e. The van der Waals surface area contributed by atoms with Crippen molar-refractivity contribution in [3.05, 3.63) is 75.8 Å². The van der Waals surface area contributed by atoms with E-state index in [0.29, 0.717) is 38.5 Å². The van der Waals surface area contributed by atoms with Crippen LogP contribution in [0.2, 0.25) is 5.02 Å². The van der Waals surface area contributed by atoms with Crippen LogP contribution in [-0.4, -0.2) is 54.4 Å². The first kappa shape index (κ1) is 36.0. The van der Waals surface area contributed by atoms with E-state index in [4.69, 9.17) is 30.8 Å². The Morgan fingerprint density at radius 1 is 0.979 bits per heavy atom. The minimum absolute atomic E-state index is 0.00851. The van der Waals surface area contributed by atoms with E-state index in [9.17, 15) is 20.1 Å². The third kappa shape index (κ3) is 10.1. The lowest BCUT2D eigenvalue weighted by molar-refractivity contribution is -0.144. The molecule has 48 heavy (non-hydrogen) atoms. The van der Waals surface area contributed by atoms with Gasteiger partial charge < -0.3 is 24.8 Å². The third-order valence-corrected chi connectivity index (χ3v) is 8.58. The van der Waals surface area contributed by atoms with Crippen molar-refractivity contribution < 1.29 is 23.8 Å². The van der Waals surface area contributed by atoms with E-state index < -0.39 is 17.7 Å². The fraction of sp³-hybridized carbons (Fsp3) is 0.294. The number of nitrogens with one attached hydrogen (secondary N) is 2. The quantitative estimate of drug-likeness (QED) is 0.0809. The number of nitrogens with zero attached hydrogens (tertiary/aromatic N) is 4. The first-order valence-electron chi connectivity index (χ1n) is 14.8. The number of thioether (sulfide) groups is 1. The minimum atomic E-state index is -0.626. The van der Waals surface area contributed by atoms with Crippen molar-refractivity contribution in [2.45, 2.75) is 43.6 Å². The predicted molar refractivity (Wildman–Crippen MR) is 186 cm³/mol. The fourth-order valence-electron chi connectivity index (χ4n) is 4.28. The van der Waals surface area contributed by atoms with Crippen molar-refractivity contribution in [1.82, 2.24) is 15.3 Å². The molecule has 1 amide bonds. The average Bonchev–Trinajstić information content (AvgIpc) is 3.53. The molecule has 248 valence electrons. The zero-order chi connectivity index (χ0) is 34.7. The molecule has 2 heterocycles. The lowest BCUT2D eigenvalue weighted by atomic mass is 9.96. The van der Waals surface area contributed by atoms with Gasteiger partial charge in [0.25, 0.3) is 0 Å². The molecule has 4 aromatic rings. The molecule has 11 nitrogen and oxygen atoms in total. The van der Waals surface area contributed by atoms with Crippen LogP contribution in [0.1, 0.15) is 44.0 Å². The molecular weight excluding hydrogens is 672 g/mol. The number of ether oxygens (including phenoxy) is 3. The van der Waals surface area contributed by atoms with E-state index in [1.807, 2.05) is 29.6 Å². The summed E-state index contributed by atoms with van der Waals surface area (Å²) in [6.45, 7) is 5.46. The summed E-state index contributed by atoms with van der Waals surface area (Å²) in [6.07, 6.45) is -0.611. The van der Waals surface area contributed by atoms with E-state index in [1.165, 1.54) is 23.1 Å². The molecule has 0 saturated heterocycles. The van der Waals surface area contributed by atoms with Gasteiger partial charge in [-0.2, -0.15) is 10.5 Å². The Morgan fingerprint density at radius 2 is 1.67 bits per heavy atom. The molecule has 0 fully saturated rings. The number of thiazole rings is 1. The summed E-state index contributed by atoms with van der Waals surface area (Å²) in [5, 5.41) is 29.7. The summed E-state index contributed by atoms with van der Waals surface area (Å²) < 4.78 is 16.0. The summed E-state index contributed by atoms with van der Waals surface area (Å²) in [7, 11) is 1.67. The fourth-order valence-corrected chi connectivity index (χ4v) is 6.21. The number of carbonyl (C=O) groups excluding carboxylic acids is 2. The van der Waals surface area contributed by atoms with Gasteiger partial charge in [0.15, 0.2) is 0 Å². The van der Waals surface area contributed by atoms with Gasteiger partial charge in [0.1, 0.15) is 58.1 Å². The Balaban J connectivity index is 1.38. The van der Waals surface area contributed by atoms with Gasteiger partial charge in [0.2, 0.25) is 0 Å². The highest BCUT2D eigenvalue weighted by molar-refractivity contribution is 7.98. The van der Waals surface area contributed by atoms with Crippen LogP contribution in [0.15, 0.2) is 58.9 Å². The highest BCUT2D eigenvalue weighted by Crippen LogP contribution is 2.38. The molecule has 2 aromatic carbocycles. The summed E-state index contributed by atoms with van der Waals surface area (Å²) in [5.41, 5.74) is 2.81. The smallest absolute Gasteiger partial charge is 0.407 e. The van der Waals surface area contributed by atoms with Gasteiger partial charge in [-0.1, -0.05) is 47.6 Å². The van der Waals surface area contributed by atoms with E-state index in [-0.39, 0.29) is 37.3 Å². The summed E-state index contributed by atoms with van der Waals surface area (Å²) in [5.74, 6) is 0.854. The van der Waals surface area contributed by atoms with Crippen molar-refractivity contribution in [2.24, 2.45) is 0 Å². The van der Waals surface area contributed by atoms with Gasteiger partial charge in [-0.3, -0.25) is 4.79 Å². The van der Waals surface area contributed by atoms with Crippen LogP contribution in [0.5, 0.6) is 5.75 Å². The predicted octanol–water partition coefficient (Wildman–Crippen LogP) is 7.44. The molecule has 0 saturated carbocycles. The molecule has 0 spiro atoms. The topological polar surface area (TPSA) is 159 Å². The maximum absolute atomic E-state index is 12.0. The van der Waals surface area contributed by atoms with Crippen molar-refractivity contribution in [1.29, 1.82) is 10.5 Å². The number of halogens is 1. The standard InChI is InChI=1S/C34H33ClN6O5S2/c1-34(2,3)46-33(43)39-14-13-28(42)45-16-15-44-25-11-7-21(8-12-25)29-26(17-36)30(38-4)41-32(27(29)18-37)48-20-24-19-47-31(40-24)22-5-9-23(35)10-6-22/h5-12,19H,13-16,20H2,1-4H3,(H,38,41)(H,39,43). The second-order valence-corrected chi connectivity index (χ2v) is 13.3. The molecule has 0 aliphatic rings.